The van der Waals surface area contributed by atoms with Crippen molar-refractivity contribution in [2.24, 2.45) is 0 Å². The first-order valence-corrected chi connectivity index (χ1v) is 13.8. The third-order valence-electron chi connectivity index (χ3n) is 6.60. The molecule has 4 aromatic rings. The van der Waals surface area contributed by atoms with E-state index in [4.69, 9.17) is 30.8 Å². The molecule has 1 heterocycles. The van der Waals surface area contributed by atoms with Gasteiger partial charge in [-0.3, -0.25) is 4.79 Å². The Bertz CT molecular complexity index is 1350. The van der Waals surface area contributed by atoms with Crippen molar-refractivity contribution in [3.8, 4) is 17.2 Å². The normalized spacial score (nSPS) is 10.9. The maximum absolute atomic E-state index is 12.5. The number of amides is 1. The highest BCUT2D eigenvalue weighted by Gasteiger charge is 2.12. The third-order valence-corrected chi connectivity index (χ3v) is 6.85. The summed E-state index contributed by atoms with van der Waals surface area (Å²) in [7, 11) is 3.14. The number of ether oxygens (including phenoxy) is 3. The number of halogens is 1. The Labute approximate surface area is 235 Å². The summed E-state index contributed by atoms with van der Waals surface area (Å²) in [5.41, 5.74) is 2.76. The van der Waals surface area contributed by atoms with E-state index in [2.05, 4.69) is 28.1 Å². The quantitative estimate of drug-likeness (QED) is 0.167. The Hall–Kier alpha value is -3.71. The van der Waals surface area contributed by atoms with Crippen molar-refractivity contribution in [3.05, 3.63) is 83.1 Å². The first-order chi connectivity index (χ1) is 19.1. The van der Waals surface area contributed by atoms with Crippen LogP contribution >= 0.6 is 11.6 Å². The summed E-state index contributed by atoms with van der Waals surface area (Å²) in [4.78, 5) is 17.4. The Morgan fingerprint density at radius 1 is 0.897 bits per heavy atom. The summed E-state index contributed by atoms with van der Waals surface area (Å²) in [6, 6.07) is 21.0. The molecule has 0 aliphatic rings. The van der Waals surface area contributed by atoms with E-state index in [1.54, 1.807) is 32.4 Å². The number of hydrogen-bond donors (Lipinski definition) is 1. The highest BCUT2D eigenvalue weighted by atomic mass is 35.5. The van der Waals surface area contributed by atoms with Gasteiger partial charge in [0.25, 0.3) is 5.91 Å². The van der Waals surface area contributed by atoms with E-state index in [0.717, 1.165) is 62.2 Å². The number of hydrogen-bond acceptors (Lipinski definition) is 5. The number of benzene rings is 3. The summed E-state index contributed by atoms with van der Waals surface area (Å²) < 4.78 is 18.7. The lowest BCUT2D eigenvalue weighted by Crippen LogP contribution is -2.24. The summed E-state index contributed by atoms with van der Waals surface area (Å²) in [6.07, 6.45) is 5.78. The van der Waals surface area contributed by atoms with Crippen LogP contribution in [0.3, 0.4) is 0 Å². The van der Waals surface area contributed by atoms with Crippen LogP contribution in [-0.2, 0) is 13.0 Å². The minimum atomic E-state index is -0.113. The largest absolute Gasteiger partial charge is 0.494 e. The van der Waals surface area contributed by atoms with Crippen LogP contribution < -0.4 is 19.5 Å². The van der Waals surface area contributed by atoms with Crippen molar-refractivity contribution >= 4 is 28.5 Å². The van der Waals surface area contributed by atoms with E-state index in [1.807, 2.05) is 30.3 Å². The maximum Gasteiger partial charge on any atom is 0.251 e. The third kappa shape index (κ3) is 7.90. The molecular weight excluding hydrogens is 514 g/mol. The van der Waals surface area contributed by atoms with Gasteiger partial charge in [0.05, 0.1) is 31.9 Å². The molecule has 1 amide bonds. The number of carbonyl (C=O) groups excluding carboxylic acids is 1. The monoisotopic (exact) mass is 549 g/mol. The van der Waals surface area contributed by atoms with Crippen LogP contribution in [0, 0.1) is 0 Å². The Kier molecular flexibility index (Phi) is 10.5. The topological polar surface area (TPSA) is 74.6 Å². The van der Waals surface area contributed by atoms with Crippen molar-refractivity contribution < 1.29 is 19.0 Å². The molecule has 0 unspecified atom stereocenters. The van der Waals surface area contributed by atoms with Crippen LogP contribution in [0.5, 0.6) is 17.2 Å². The van der Waals surface area contributed by atoms with Gasteiger partial charge in [0.15, 0.2) is 11.5 Å². The molecule has 0 fully saturated rings. The van der Waals surface area contributed by atoms with Gasteiger partial charge in [-0.05, 0) is 80.3 Å². The molecule has 39 heavy (non-hydrogen) atoms. The standard InChI is InChI=1S/C31H36ClN3O4/c1-37-28-18-13-23(22-29(28)38-2)31(36)33-19-7-3-4-12-30-34-26-10-5-6-11-27(26)35(30)20-8-9-21-39-25-16-14-24(32)15-17-25/h5-6,10-11,13-18,22H,3-4,7-9,12,19-21H2,1-2H3,(H,33,36). The summed E-state index contributed by atoms with van der Waals surface area (Å²) in [5, 5.41) is 3.71. The van der Waals surface area contributed by atoms with Gasteiger partial charge in [0, 0.05) is 30.1 Å². The Morgan fingerprint density at radius 2 is 1.69 bits per heavy atom. The van der Waals surface area contributed by atoms with Crippen molar-refractivity contribution in [3.63, 3.8) is 0 Å². The molecule has 0 radical (unpaired) electrons. The molecule has 1 aromatic heterocycles. The fraction of sp³-hybridized carbons (Fsp3) is 0.355. The molecule has 206 valence electrons. The Morgan fingerprint density at radius 3 is 2.49 bits per heavy atom. The molecule has 3 aromatic carbocycles. The van der Waals surface area contributed by atoms with Crippen LogP contribution in [0.15, 0.2) is 66.7 Å². The van der Waals surface area contributed by atoms with Gasteiger partial charge in [0.1, 0.15) is 11.6 Å². The zero-order valence-electron chi connectivity index (χ0n) is 22.6. The highest BCUT2D eigenvalue weighted by Crippen LogP contribution is 2.27. The lowest BCUT2D eigenvalue weighted by atomic mass is 10.1. The molecule has 0 aliphatic heterocycles. The van der Waals surface area contributed by atoms with Crippen LogP contribution in [-0.4, -0.2) is 42.8 Å². The number of carbonyl (C=O) groups is 1. The smallest absolute Gasteiger partial charge is 0.251 e. The zero-order chi connectivity index (χ0) is 27.5. The van der Waals surface area contributed by atoms with Gasteiger partial charge < -0.3 is 24.1 Å². The predicted octanol–water partition coefficient (Wildman–Crippen LogP) is 6.71. The second-order valence-corrected chi connectivity index (χ2v) is 9.75. The molecule has 8 heteroatoms. The molecule has 0 saturated heterocycles. The number of nitrogens with zero attached hydrogens (tertiary/aromatic N) is 2. The van der Waals surface area contributed by atoms with E-state index in [9.17, 15) is 4.79 Å². The number of methoxy groups -OCH3 is 2. The van der Waals surface area contributed by atoms with Crippen molar-refractivity contribution in [2.75, 3.05) is 27.4 Å². The summed E-state index contributed by atoms with van der Waals surface area (Å²) in [5.74, 6) is 2.99. The molecule has 4 rings (SSSR count). The number of nitrogens with one attached hydrogen (secondary N) is 1. The van der Waals surface area contributed by atoms with Gasteiger partial charge in [0.2, 0.25) is 0 Å². The second kappa shape index (κ2) is 14.4. The van der Waals surface area contributed by atoms with E-state index in [0.29, 0.717) is 35.2 Å². The fourth-order valence-corrected chi connectivity index (χ4v) is 4.65. The molecule has 0 spiro atoms. The van der Waals surface area contributed by atoms with Gasteiger partial charge in [-0.25, -0.2) is 4.98 Å². The lowest BCUT2D eigenvalue weighted by Gasteiger charge is -2.11. The number of rotatable bonds is 15. The van der Waals surface area contributed by atoms with Crippen LogP contribution in [0.1, 0.15) is 48.3 Å². The molecule has 0 saturated carbocycles. The maximum atomic E-state index is 12.5. The average Bonchev–Trinajstić information content (AvgIpc) is 3.32. The molecule has 0 atom stereocenters. The molecule has 7 nitrogen and oxygen atoms in total. The number of para-hydroxylation sites is 2. The minimum absolute atomic E-state index is 0.113. The van der Waals surface area contributed by atoms with Gasteiger partial charge in [-0.2, -0.15) is 0 Å². The van der Waals surface area contributed by atoms with E-state index in [1.165, 1.54) is 5.52 Å². The minimum Gasteiger partial charge on any atom is -0.494 e. The Balaban J connectivity index is 1.21. The van der Waals surface area contributed by atoms with Crippen molar-refractivity contribution in [2.45, 2.75) is 45.1 Å². The zero-order valence-corrected chi connectivity index (χ0v) is 23.4. The van der Waals surface area contributed by atoms with Crippen LogP contribution in [0.2, 0.25) is 5.02 Å². The number of aryl methyl sites for hydroxylation is 2. The molecular formula is C31H36ClN3O4. The SMILES string of the molecule is COc1ccc(C(=O)NCCCCCc2nc3ccccc3n2CCCCOc2ccc(Cl)cc2)cc1OC. The van der Waals surface area contributed by atoms with Crippen molar-refractivity contribution in [1.82, 2.24) is 14.9 Å². The summed E-state index contributed by atoms with van der Waals surface area (Å²) >= 11 is 5.94. The van der Waals surface area contributed by atoms with E-state index < -0.39 is 0 Å². The fourth-order valence-electron chi connectivity index (χ4n) is 4.52. The van der Waals surface area contributed by atoms with Gasteiger partial charge in [-0.1, -0.05) is 30.2 Å². The average molecular weight is 550 g/mol. The highest BCUT2D eigenvalue weighted by molar-refractivity contribution is 6.30. The first-order valence-electron chi connectivity index (χ1n) is 13.4. The predicted molar refractivity (Wildman–Crippen MR) is 155 cm³/mol. The number of fused-ring (bicyclic) bond motifs is 1. The number of imidazole rings is 1. The van der Waals surface area contributed by atoms with E-state index in [-0.39, 0.29) is 5.91 Å². The van der Waals surface area contributed by atoms with Crippen LogP contribution in [0.4, 0.5) is 0 Å². The summed E-state index contributed by atoms with van der Waals surface area (Å²) in [6.45, 7) is 2.19. The first kappa shape index (κ1) is 28.3. The van der Waals surface area contributed by atoms with Gasteiger partial charge >= 0.3 is 0 Å². The number of unbranched alkanes of at least 4 members (excludes halogenated alkanes) is 3. The second-order valence-electron chi connectivity index (χ2n) is 9.31. The lowest BCUT2D eigenvalue weighted by molar-refractivity contribution is 0.0952. The van der Waals surface area contributed by atoms with Crippen LogP contribution in [0.25, 0.3) is 11.0 Å². The molecule has 0 bridgehead atoms. The van der Waals surface area contributed by atoms with E-state index >= 15 is 0 Å². The molecule has 0 aliphatic carbocycles. The van der Waals surface area contributed by atoms with Gasteiger partial charge in [-0.15, -0.1) is 0 Å². The number of aromatic nitrogens is 2. The van der Waals surface area contributed by atoms with Crippen molar-refractivity contribution in [1.29, 1.82) is 0 Å². The molecule has 1 N–H and O–H groups in total.